The third kappa shape index (κ3) is 2.61. The van der Waals surface area contributed by atoms with E-state index in [1.54, 1.807) is 18.2 Å². The minimum absolute atomic E-state index is 0.149. The summed E-state index contributed by atoms with van der Waals surface area (Å²) in [6, 6.07) is 7.90. The SMILES string of the molecule is Cc1cccc(-c2cc(C(F)(F)F)c(Cl)nn2)c1. The standard InChI is InChI=1S/C12H8ClF3N2/c1-7-3-2-4-8(5-7)10-6-9(12(14,15)16)11(13)18-17-10/h2-6H,1H3. The van der Waals surface area contributed by atoms with Crippen LogP contribution >= 0.6 is 11.6 Å². The van der Waals surface area contributed by atoms with Gasteiger partial charge in [-0.05, 0) is 19.1 Å². The molecule has 0 radical (unpaired) electrons. The van der Waals surface area contributed by atoms with Gasteiger partial charge in [-0.15, -0.1) is 10.2 Å². The van der Waals surface area contributed by atoms with E-state index in [0.717, 1.165) is 11.6 Å². The van der Waals surface area contributed by atoms with Crippen molar-refractivity contribution in [3.63, 3.8) is 0 Å². The van der Waals surface area contributed by atoms with Crippen LogP contribution in [0.5, 0.6) is 0 Å². The fraction of sp³-hybridized carbons (Fsp3) is 0.167. The maximum absolute atomic E-state index is 12.7. The Hall–Kier alpha value is -1.62. The van der Waals surface area contributed by atoms with Crippen LogP contribution < -0.4 is 0 Å². The largest absolute Gasteiger partial charge is 0.419 e. The number of aryl methyl sites for hydroxylation is 1. The number of benzene rings is 1. The van der Waals surface area contributed by atoms with Gasteiger partial charge in [0.2, 0.25) is 0 Å². The molecule has 0 saturated carbocycles. The first kappa shape index (κ1) is 12.8. The van der Waals surface area contributed by atoms with E-state index in [1.807, 2.05) is 13.0 Å². The van der Waals surface area contributed by atoms with Crippen molar-refractivity contribution in [3.05, 3.63) is 46.6 Å². The predicted molar refractivity (Wildman–Crippen MR) is 62.2 cm³/mol. The summed E-state index contributed by atoms with van der Waals surface area (Å²) in [7, 11) is 0. The van der Waals surface area contributed by atoms with Crippen molar-refractivity contribution in [1.82, 2.24) is 10.2 Å². The number of hydrogen-bond acceptors (Lipinski definition) is 2. The molecule has 0 fully saturated rings. The average molecular weight is 273 g/mol. The molecular formula is C12H8ClF3N2. The second-order valence-electron chi connectivity index (χ2n) is 3.80. The highest BCUT2D eigenvalue weighted by atomic mass is 35.5. The second kappa shape index (κ2) is 4.57. The third-order valence-electron chi connectivity index (χ3n) is 2.37. The normalized spacial score (nSPS) is 11.6. The molecule has 2 nitrogen and oxygen atoms in total. The third-order valence-corrected chi connectivity index (χ3v) is 2.65. The van der Waals surface area contributed by atoms with Gasteiger partial charge in [0, 0.05) is 5.56 Å². The number of alkyl halides is 3. The van der Waals surface area contributed by atoms with Gasteiger partial charge in [-0.1, -0.05) is 35.4 Å². The Labute approximate surface area is 106 Å². The van der Waals surface area contributed by atoms with Crippen LogP contribution in [0.4, 0.5) is 13.2 Å². The summed E-state index contributed by atoms with van der Waals surface area (Å²) < 4.78 is 38.0. The zero-order valence-corrected chi connectivity index (χ0v) is 10.0. The fourth-order valence-corrected chi connectivity index (χ4v) is 1.72. The van der Waals surface area contributed by atoms with Crippen LogP contribution in [0.2, 0.25) is 5.15 Å². The van der Waals surface area contributed by atoms with Gasteiger partial charge in [0.15, 0.2) is 5.15 Å². The van der Waals surface area contributed by atoms with Gasteiger partial charge in [0.05, 0.1) is 11.3 Å². The molecule has 94 valence electrons. The van der Waals surface area contributed by atoms with E-state index in [0.29, 0.717) is 5.56 Å². The Kier molecular flexibility index (Phi) is 3.26. The first-order valence-corrected chi connectivity index (χ1v) is 5.43. The van der Waals surface area contributed by atoms with Crippen LogP contribution in [-0.4, -0.2) is 10.2 Å². The van der Waals surface area contributed by atoms with Crippen molar-refractivity contribution < 1.29 is 13.2 Å². The zero-order chi connectivity index (χ0) is 13.3. The minimum Gasteiger partial charge on any atom is -0.166 e. The van der Waals surface area contributed by atoms with Gasteiger partial charge in [-0.25, -0.2) is 0 Å². The first-order chi connectivity index (χ1) is 8.38. The van der Waals surface area contributed by atoms with Gasteiger partial charge in [-0.3, -0.25) is 0 Å². The maximum atomic E-state index is 12.7. The summed E-state index contributed by atoms with van der Waals surface area (Å²) in [6.45, 7) is 1.84. The lowest BCUT2D eigenvalue weighted by Gasteiger charge is -2.09. The lowest BCUT2D eigenvalue weighted by atomic mass is 10.1. The topological polar surface area (TPSA) is 25.8 Å². The zero-order valence-electron chi connectivity index (χ0n) is 9.29. The van der Waals surface area contributed by atoms with E-state index in [-0.39, 0.29) is 5.69 Å². The van der Waals surface area contributed by atoms with Crippen molar-refractivity contribution >= 4 is 11.6 Å². The maximum Gasteiger partial charge on any atom is 0.419 e. The van der Waals surface area contributed by atoms with Crippen LogP contribution in [0.15, 0.2) is 30.3 Å². The molecule has 0 N–H and O–H groups in total. The molecular weight excluding hydrogens is 265 g/mol. The quantitative estimate of drug-likeness (QED) is 0.780. The van der Waals surface area contributed by atoms with Gasteiger partial charge in [0.25, 0.3) is 0 Å². The molecule has 18 heavy (non-hydrogen) atoms. The molecule has 0 atom stereocenters. The molecule has 1 aromatic heterocycles. The van der Waals surface area contributed by atoms with E-state index < -0.39 is 16.9 Å². The molecule has 0 aliphatic rings. The average Bonchev–Trinajstić information content (AvgIpc) is 2.28. The molecule has 0 aliphatic carbocycles. The Bertz CT molecular complexity index is 582. The molecule has 2 aromatic rings. The highest BCUT2D eigenvalue weighted by Crippen LogP contribution is 2.35. The van der Waals surface area contributed by atoms with Crippen molar-refractivity contribution in [2.45, 2.75) is 13.1 Å². The Morgan fingerprint density at radius 2 is 1.83 bits per heavy atom. The monoisotopic (exact) mass is 272 g/mol. The van der Waals surface area contributed by atoms with Crippen LogP contribution in [0.25, 0.3) is 11.3 Å². The van der Waals surface area contributed by atoms with Crippen LogP contribution in [0.3, 0.4) is 0 Å². The number of nitrogens with zero attached hydrogens (tertiary/aromatic N) is 2. The highest BCUT2D eigenvalue weighted by Gasteiger charge is 2.34. The molecule has 2 rings (SSSR count). The minimum atomic E-state index is -4.54. The second-order valence-corrected chi connectivity index (χ2v) is 4.16. The van der Waals surface area contributed by atoms with E-state index in [1.165, 1.54) is 0 Å². The highest BCUT2D eigenvalue weighted by molar-refractivity contribution is 6.30. The van der Waals surface area contributed by atoms with Crippen LogP contribution in [0, 0.1) is 6.92 Å². The van der Waals surface area contributed by atoms with Crippen LogP contribution in [-0.2, 0) is 6.18 Å². The van der Waals surface area contributed by atoms with E-state index >= 15 is 0 Å². The van der Waals surface area contributed by atoms with Crippen molar-refractivity contribution in [2.75, 3.05) is 0 Å². The molecule has 0 unspecified atom stereocenters. The van der Waals surface area contributed by atoms with Gasteiger partial charge >= 0.3 is 6.18 Å². The first-order valence-electron chi connectivity index (χ1n) is 5.05. The Morgan fingerprint density at radius 3 is 2.44 bits per heavy atom. The number of rotatable bonds is 1. The predicted octanol–water partition coefficient (Wildman–Crippen LogP) is 4.12. The Balaban J connectivity index is 2.54. The fourth-order valence-electron chi connectivity index (χ4n) is 1.52. The molecule has 1 aromatic carbocycles. The molecule has 1 heterocycles. The number of halogens is 4. The van der Waals surface area contributed by atoms with Gasteiger partial charge in [-0.2, -0.15) is 13.2 Å². The summed E-state index contributed by atoms with van der Waals surface area (Å²) in [6.07, 6.45) is -4.54. The smallest absolute Gasteiger partial charge is 0.166 e. The summed E-state index contributed by atoms with van der Waals surface area (Å²) in [5.74, 6) is 0. The molecule has 0 aliphatic heterocycles. The van der Waals surface area contributed by atoms with Crippen LogP contribution in [0.1, 0.15) is 11.1 Å². The molecule has 0 bridgehead atoms. The van der Waals surface area contributed by atoms with Crippen molar-refractivity contribution in [3.8, 4) is 11.3 Å². The lowest BCUT2D eigenvalue weighted by molar-refractivity contribution is -0.137. The summed E-state index contributed by atoms with van der Waals surface area (Å²) >= 11 is 5.41. The summed E-state index contributed by atoms with van der Waals surface area (Å²) in [5.41, 5.74) is 0.675. The molecule has 0 spiro atoms. The van der Waals surface area contributed by atoms with Crippen molar-refractivity contribution in [1.29, 1.82) is 0 Å². The Morgan fingerprint density at radius 1 is 1.11 bits per heavy atom. The van der Waals surface area contributed by atoms with E-state index in [9.17, 15) is 13.2 Å². The number of hydrogen-bond donors (Lipinski definition) is 0. The number of aromatic nitrogens is 2. The molecule has 0 amide bonds. The molecule has 6 heteroatoms. The summed E-state index contributed by atoms with van der Waals surface area (Å²) in [5, 5.41) is 6.39. The van der Waals surface area contributed by atoms with Gasteiger partial charge in [0.1, 0.15) is 0 Å². The van der Waals surface area contributed by atoms with E-state index in [2.05, 4.69) is 10.2 Å². The lowest BCUT2D eigenvalue weighted by Crippen LogP contribution is -2.08. The molecule has 0 saturated heterocycles. The van der Waals surface area contributed by atoms with Crippen molar-refractivity contribution in [2.24, 2.45) is 0 Å². The van der Waals surface area contributed by atoms with Gasteiger partial charge < -0.3 is 0 Å². The summed E-state index contributed by atoms with van der Waals surface area (Å²) in [4.78, 5) is 0. The van der Waals surface area contributed by atoms with E-state index in [4.69, 9.17) is 11.6 Å².